The van der Waals surface area contributed by atoms with Crippen LogP contribution in [0.15, 0.2) is 12.2 Å². The fraction of sp³-hybridized carbons (Fsp3) is 0.615. The third-order valence-corrected chi connectivity index (χ3v) is 3.55. The number of halogens is 3. The SMILES string of the molecule is [2H]c1nc(B2OC(C)(C)C(C)(C)O2)c([2H])c(C([2H])([2H])[2H])c1C(F)(F)F. The zero-order chi connectivity index (χ0) is 19.6. The van der Waals surface area contributed by atoms with Gasteiger partial charge in [-0.25, -0.2) is 0 Å². The van der Waals surface area contributed by atoms with Crippen LogP contribution in [0.3, 0.4) is 0 Å². The molecule has 0 aliphatic carbocycles. The second kappa shape index (κ2) is 4.46. The average molecular weight is 292 g/mol. The first-order chi connectivity index (χ1) is 11.0. The standard InChI is InChI=1S/C13H17BF3NO2/c1-8-6-10(18-7-9(8)13(15,16)17)14-19-11(2,3)12(4,5)20-14/h6-7H,1-5H3/i1D3,6D,7D. The predicted molar refractivity (Wildman–Crippen MR) is 69.7 cm³/mol. The first kappa shape index (κ1) is 9.79. The maximum absolute atomic E-state index is 13.2. The van der Waals surface area contributed by atoms with E-state index < -0.39 is 60.3 Å². The molecule has 7 heteroatoms. The molecule has 2 rings (SSSR count). The third kappa shape index (κ3) is 2.56. The van der Waals surface area contributed by atoms with Crippen LogP contribution in [0.5, 0.6) is 0 Å². The monoisotopic (exact) mass is 292 g/mol. The fourth-order valence-corrected chi connectivity index (χ4v) is 1.66. The number of aromatic nitrogens is 1. The molecule has 0 saturated carbocycles. The zero-order valence-corrected chi connectivity index (χ0v) is 11.5. The van der Waals surface area contributed by atoms with E-state index >= 15 is 0 Å². The van der Waals surface area contributed by atoms with E-state index in [0.29, 0.717) is 0 Å². The molecule has 1 aliphatic heterocycles. The van der Waals surface area contributed by atoms with Gasteiger partial charge < -0.3 is 9.31 Å². The molecular formula is C13H17BF3NO2. The normalized spacial score (nSPS) is 25.6. The maximum atomic E-state index is 13.2. The molecule has 0 unspecified atom stereocenters. The highest BCUT2D eigenvalue weighted by atomic mass is 19.4. The summed E-state index contributed by atoms with van der Waals surface area (Å²) in [5.74, 6) is 0. The van der Waals surface area contributed by atoms with Gasteiger partial charge in [0.15, 0.2) is 0 Å². The average Bonchev–Trinajstić information content (AvgIpc) is 2.57. The Bertz CT molecular complexity index is 690. The van der Waals surface area contributed by atoms with Gasteiger partial charge in [0.2, 0.25) is 0 Å². The van der Waals surface area contributed by atoms with Gasteiger partial charge in [-0.3, -0.25) is 4.98 Å². The molecule has 20 heavy (non-hydrogen) atoms. The second-order valence-electron chi connectivity index (χ2n) is 5.57. The lowest BCUT2D eigenvalue weighted by molar-refractivity contribution is -0.138. The van der Waals surface area contributed by atoms with Gasteiger partial charge in [0, 0.05) is 10.3 Å². The highest BCUT2D eigenvalue weighted by molar-refractivity contribution is 6.61. The Morgan fingerprint density at radius 2 is 1.80 bits per heavy atom. The van der Waals surface area contributed by atoms with Crippen LogP contribution < -0.4 is 5.59 Å². The lowest BCUT2D eigenvalue weighted by Gasteiger charge is -2.32. The van der Waals surface area contributed by atoms with Crippen molar-refractivity contribution in [3.63, 3.8) is 0 Å². The summed E-state index contributed by atoms with van der Waals surface area (Å²) in [6.07, 6.45) is -6.41. The van der Waals surface area contributed by atoms with Crippen LogP contribution in [-0.4, -0.2) is 23.3 Å². The Hall–Kier alpha value is -1.08. The van der Waals surface area contributed by atoms with E-state index in [1.807, 2.05) is 0 Å². The molecule has 1 fully saturated rings. The Morgan fingerprint density at radius 3 is 2.25 bits per heavy atom. The van der Waals surface area contributed by atoms with Crippen LogP contribution in [0.1, 0.15) is 45.7 Å². The molecule has 1 aliphatic rings. The van der Waals surface area contributed by atoms with Gasteiger partial charge in [-0.1, -0.05) is 0 Å². The van der Waals surface area contributed by atoms with E-state index in [1.165, 1.54) is 0 Å². The van der Waals surface area contributed by atoms with E-state index in [-0.39, 0.29) is 0 Å². The van der Waals surface area contributed by atoms with Crippen molar-refractivity contribution in [3.8, 4) is 0 Å². The van der Waals surface area contributed by atoms with E-state index in [0.717, 1.165) is 0 Å². The highest BCUT2D eigenvalue weighted by Crippen LogP contribution is 2.36. The van der Waals surface area contributed by atoms with Crippen LogP contribution in [0.2, 0.25) is 0 Å². The number of hydrogen-bond acceptors (Lipinski definition) is 3. The van der Waals surface area contributed by atoms with Crippen molar-refractivity contribution in [2.45, 2.75) is 51.9 Å². The van der Waals surface area contributed by atoms with Crippen LogP contribution >= 0.6 is 0 Å². The van der Waals surface area contributed by atoms with Gasteiger partial charge >= 0.3 is 13.3 Å². The molecule has 1 saturated heterocycles. The smallest absolute Gasteiger partial charge is 0.398 e. The number of pyridine rings is 1. The molecule has 1 aromatic rings. The lowest BCUT2D eigenvalue weighted by Crippen LogP contribution is -2.41. The summed E-state index contributed by atoms with van der Waals surface area (Å²) in [5.41, 5.74) is -5.20. The third-order valence-electron chi connectivity index (χ3n) is 3.55. The Labute approximate surface area is 123 Å². The van der Waals surface area contributed by atoms with Crippen molar-refractivity contribution in [1.82, 2.24) is 4.98 Å². The molecule has 110 valence electrons. The van der Waals surface area contributed by atoms with Crippen LogP contribution in [0.4, 0.5) is 13.2 Å². The van der Waals surface area contributed by atoms with Crippen molar-refractivity contribution in [2.24, 2.45) is 0 Å². The molecule has 0 N–H and O–H groups in total. The van der Waals surface area contributed by atoms with Gasteiger partial charge in [0.25, 0.3) is 0 Å². The predicted octanol–water partition coefficient (Wildman–Crippen LogP) is 2.71. The topological polar surface area (TPSA) is 31.4 Å². The van der Waals surface area contributed by atoms with Crippen LogP contribution in [-0.2, 0) is 15.5 Å². The van der Waals surface area contributed by atoms with E-state index in [2.05, 4.69) is 4.98 Å². The summed E-state index contributed by atoms with van der Waals surface area (Å²) in [5, 5.41) is 0. The van der Waals surface area contributed by atoms with Gasteiger partial charge in [0.1, 0.15) is 0 Å². The van der Waals surface area contributed by atoms with Crippen molar-refractivity contribution in [2.75, 3.05) is 0 Å². The van der Waals surface area contributed by atoms with Crippen LogP contribution in [0, 0.1) is 6.85 Å². The summed E-state index contributed by atoms with van der Waals surface area (Å²) in [7, 11) is -1.34. The van der Waals surface area contributed by atoms with Gasteiger partial charge in [0.05, 0.1) is 25.1 Å². The van der Waals surface area contributed by atoms with E-state index in [1.54, 1.807) is 27.7 Å². The van der Waals surface area contributed by atoms with Crippen molar-refractivity contribution >= 4 is 12.7 Å². The zero-order valence-electron chi connectivity index (χ0n) is 16.5. The summed E-state index contributed by atoms with van der Waals surface area (Å²) >= 11 is 0. The van der Waals surface area contributed by atoms with Gasteiger partial charge in [-0.05, 0) is 46.2 Å². The first-order valence-corrected chi connectivity index (χ1v) is 5.93. The maximum Gasteiger partial charge on any atom is 0.514 e. The first-order valence-electron chi connectivity index (χ1n) is 8.43. The minimum absolute atomic E-state index is 0.456. The number of hydrogen-bond donors (Lipinski definition) is 0. The Balaban J connectivity index is 2.70. The highest BCUT2D eigenvalue weighted by Gasteiger charge is 2.52. The molecule has 0 bridgehead atoms. The largest absolute Gasteiger partial charge is 0.514 e. The number of rotatable bonds is 1. The molecule has 0 aromatic carbocycles. The minimum Gasteiger partial charge on any atom is -0.398 e. The summed E-state index contributed by atoms with van der Waals surface area (Å²) < 4.78 is 88.6. The van der Waals surface area contributed by atoms with E-state index in [4.69, 9.17) is 16.2 Å². The molecule has 0 atom stereocenters. The lowest BCUT2D eigenvalue weighted by atomic mass is 9.83. The summed E-state index contributed by atoms with van der Waals surface area (Å²) in [4.78, 5) is 3.49. The molecule has 0 amide bonds. The van der Waals surface area contributed by atoms with Crippen LogP contribution in [0.25, 0.3) is 0 Å². The van der Waals surface area contributed by atoms with Crippen molar-refractivity contribution in [3.05, 3.63) is 23.3 Å². The van der Waals surface area contributed by atoms with Gasteiger partial charge in [-0.2, -0.15) is 13.2 Å². The minimum atomic E-state index is -5.13. The number of nitrogens with zero attached hydrogens (tertiary/aromatic N) is 1. The molecule has 0 spiro atoms. The second-order valence-corrected chi connectivity index (χ2v) is 5.57. The summed E-state index contributed by atoms with van der Waals surface area (Å²) in [6, 6.07) is -0.957. The molecule has 2 heterocycles. The fourth-order valence-electron chi connectivity index (χ4n) is 1.66. The Morgan fingerprint density at radius 1 is 1.25 bits per heavy atom. The van der Waals surface area contributed by atoms with Crippen molar-refractivity contribution in [1.29, 1.82) is 0 Å². The van der Waals surface area contributed by atoms with Crippen molar-refractivity contribution < 1.29 is 29.3 Å². The molecular weight excluding hydrogens is 270 g/mol. The van der Waals surface area contributed by atoms with Gasteiger partial charge in [-0.15, -0.1) is 0 Å². The molecule has 3 nitrogen and oxygen atoms in total. The van der Waals surface area contributed by atoms with E-state index in [9.17, 15) is 13.2 Å². The Kier molecular flexibility index (Phi) is 2.18. The number of alkyl halides is 3. The molecule has 1 aromatic heterocycles. The quantitative estimate of drug-likeness (QED) is 0.746. The molecule has 0 radical (unpaired) electrons. The summed E-state index contributed by atoms with van der Waals surface area (Å²) in [6.45, 7) is 3.50.